The molecule has 2 aromatic carbocycles. The first kappa shape index (κ1) is 16.4. The zero-order chi connectivity index (χ0) is 15.4. The zero-order valence-corrected chi connectivity index (χ0v) is 13.2. The number of hydrogen-bond acceptors (Lipinski definition) is 2. The van der Waals surface area contributed by atoms with Gasteiger partial charge in [-0.1, -0.05) is 0 Å². The molecular weight excluding hydrogens is 365 g/mol. The second-order valence-corrected chi connectivity index (χ2v) is 6.39. The van der Waals surface area contributed by atoms with Crippen LogP contribution in [0.3, 0.4) is 0 Å². The van der Waals surface area contributed by atoms with Gasteiger partial charge in [0, 0.05) is 22.6 Å². The Hall–Kier alpha value is -0.980. The molecule has 2 aromatic rings. The van der Waals surface area contributed by atoms with Gasteiger partial charge in [-0.2, -0.15) is 0 Å². The summed E-state index contributed by atoms with van der Waals surface area (Å²) in [4.78, 5) is 0.783. The van der Waals surface area contributed by atoms with E-state index in [1.807, 2.05) is 0 Å². The predicted octanol–water partition coefficient (Wildman–Crippen LogP) is 4.56. The van der Waals surface area contributed by atoms with Crippen LogP contribution in [-0.4, -0.2) is 17.0 Å². The summed E-state index contributed by atoms with van der Waals surface area (Å²) >= 11 is 4.29. The van der Waals surface area contributed by atoms with E-state index < -0.39 is 17.7 Å². The highest BCUT2D eigenvalue weighted by molar-refractivity contribution is 9.10. The van der Waals surface area contributed by atoms with Crippen LogP contribution in [0.25, 0.3) is 0 Å². The Morgan fingerprint density at radius 1 is 1.05 bits per heavy atom. The number of hydrogen-bond donors (Lipinski definition) is 1. The van der Waals surface area contributed by atoms with Crippen molar-refractivity contribution in [1.82, 2.24) is 0 Å². The summed E-state index contributed by atoms with van der Waals surface area (Å²) in [6, 6.07) is 8.26. The summed E-state index contributed by atoms with van der Waals surface area (Å²) in [5.74, 6) is -1.45. The quantitative estimate of drug-likeness (QED) is 0.609. The Morgan fingerprint density at radius 2 is 1.71 bits per heavy atom. The van der Waals surface area contributed by atoms with Gasteiger partial charge in [-0.25, -0.2) is 13.2 Å². The number of aliphatic hydroxyl groups excluding tert-OH is 1. The SMILES string of the molecule is OC(CSc1ccc(F)cc1)Cc1c(F)ccc(Br)c1F. The lowest BCUT2D eigenvalue weighted by atomic mass is 10.1. The second-order valence-electron chi connectivity index (χ2n) is 4.44. The average molecular weight is 377 g/mol. The summed E-state index contributed by atoms with van der Waals surface area (Å²) in [7, 11) is 0. The first-order chi connectivity index (χ1) is 9.97. The molecule has 112 valence electrons. The molecule has 0 radical (unpaired) electrons. The van der Waals surface area contributed by atoms with Crippen LogP contribution >= 0.6 is 27.7 Å². The van der Waals surface area contributed by atoms with Crippen LogP contribution in [0, 0.1) is 17.5 Å². The molecule has 0 amide bonds. The van der Waals surface area contributed by atoms with E-state index in [0.29, 0.717) is 0 Å². The van der Waals surface area contributed by atoms with Crippen LogP contribution in [0.1, 0.15) is 5.56 Å². The van der Waals surface area contributed by atoms with E-state index >= 15 is 0 Å². The fraction of sp³-hybridized carbons (Fsp3) is 0.200. The van der Waals surface area contributed by atoms with Gasteiger partial charge < -0.3 is 5.11 Å². The molecular formula is C15H12BrF3OS. The van der Waals surface area contributed by atoms with Gasteiger partial charge in [0.25, 0.3) is 0 Å². The van der Waals surface area contributed by atoms with Crippen LogP contribution in [0.5, 0.6) is 0 Å². The van der Waals surface area contributed by atoms with E-state index in [0.717, 1.165) is 11.0 Å². The van der Waals surface area contributed by atoms with Gasteiger partial charge in [-0.3, -0.25) is 0 Å². The molecule has 1 nitrogen and oxygen atoms in total. The lowest BCUT2D eigenvalue weighted by molar-refractivity contribution is 0.197. The molecule has 0 saturated carbocycles. The Morgan fingerprint density at radius 3 is 2.38 bits per heavy atom. The van der Waals surface area contributed by atoms with Crippen molar-refractivity contribution >= 4 is 27.7 Å². The highest BCUT2D eigenvalue weighted by atomic mass is 79.9. The van der Waals surface area contributed by atoms with Gasteiger partial charge in [0.2, 0.25) is 0 Å². The van der Waals surface area contributed by atoms with Crippen LogP contribution < -0.4 is 0 Å². The maximum absolute atomic E-state index is 13.8. The lowest BCUT2D eigenvalue weighted by Crippen LogP contribution is -2.16. The monoisotopic (exact) mass is 376 g/mol. The summed E-state index contributed by atoms with van der Waals surface area (Å²) in [5, 5.41) is 9.91. The Balaban J connectivity index is 1.97. The molecule has 6 heteroatoms. The smallest absolute Gasteiger partial charge is 0.143 e. The first-order valence-electron chi connectivity index (χ1n) is 6.16. The van der Waals surface area contributed by atoms with Gasteiger partial charge in [0.1, 0.15) is 17.5 Å². The van der Waals surface area contributed by atoms with Gasteiger partial charge in [-0.05, 0) is 52.3 Å². The van der Waals surface area contributed by atoms with E-state index in [-0.39, 0.29) is 28.0 Å². The van der Waals surface area contributed by atoms with Gasteiger partial charge in [-0.15, -0.1) is 11.8 Å². The van der Waals surface area contributed by atoms with E-state index in [9.17, 15) is 18.3 Å². The van der Waals surface area contributed by atoms with Gasteiger partial charge in [0.05, 0.1) is 10.6 Å². The third kappa shape index (κ3) is 4.49. The van der Waals surface area contributed by atoms with Crippen LogP contribution in [0.4, 0.5) is 13.2 Å². The van der Waals surface area contributed by atoms with Crippen LogP contribution in [0.15, 0.2) is 45.8 Å². The van der Waals surface area contributed by atoms with Crippen molar-refractivity contribution in [1.29, 1.82) is 0 Å². The van der Waals surface area contributed by atoms with Gasteiger partial charge in [0.15, 0.2) is 0 Å². The molecule has 0 aliphatic rings. The number of halogens is 4. The Labute approximate surface area is 133 Å². The molecule has 0 spiro atoms. The molecule has 0 heterocycles. The second kappa shape index (κ2) is 7.33. The Bertz CT molecular complexity index is 619. The van der Waals surface area contributed by atoms with Crippen molar-refractivity contribution in [2.75, 3.05) is 5.75 Å². The lowest BCUT2D eigenvalue weighted by Gasteiger charge is -2.12. The van der Waals surface area contributed by atoms with Crippen molar-refractivity contribution < 1.29 is 18.3 Å². The summed E-state index contributed by atoms with van der Waals surface area (Å²) in [5.41, 5.74) is -0.142. The number of rotatable bonds is 5. The normalized spacial score (nSPS) is 12.4. The van der Waals surface area contributed by atoms with Crippen molar-refractivity contribution in [3.63, 3.8) is 0 Å². The molecule has 2 rings (SSSR count). The molecule has 0 aliphatic carbocycles. The maximum Gasteiger partial charge on any atom is 0.143 e. The number of aliphatic hydroxyl groups is 1. The molecule has 0 aliphatic heterocycles. The van der Waals surface area contributed by atoms with Crippen molar-refractivity contribution in [3.05, 3.63) is 63.9 Å². The average Bonchev–Trinajstić information content (AvgIpc) is 2.47. The predicted molar refractivity (Wildman–Crippen MR) is 80.9 cm³/mol. The third-order valence-electron chi connectivity index (χ3n) is 2.83. The van der Waals surface area contributed by atoms with Crippen molar-refractivity contribution in [2.45, 2.75) is 17.4 Å². The highest BCUT2D eigenvalue weighted by Gasteiger charge is 2.16. The maximum atomic E-state index is 13.8. The minimum absolute atomic E-state index is 0.120. The largest absolute Gasteiger partial charge is 0.392 e. The molecule has 1 N–H and O–H groups in total. The fourth-order valence-electron chi connectivity index (χ4n) is 1.77. The molecule has 1 atom stereocenters. The molecule has 1 unspecified atom stereocenters. The molecule has 0 bridgehead atoms. The molecule has 21 heavy (non-hydrogen) atoms. The van der Waals surface area contributed by atoms with Crippen LogP contribution in [0.2, 0.25) is 0 Å². The van der Waals surface area contributed by atoms with Gasteiger partial charge >= 0.3 is 0 Å². The van der Waals surface area contributed by atoms with E-state index in [2.05, 4.69) is 15.9 Å². The standard InChI is InChI=1S/C15H12BrF3OS/c16-13-5-6-14(18)12(15(13)19)7-10(20)8-21-11-3-1-9(17)2-4-11/h1-6,10,20H,7-8H2. The fourth-order valence-corrected chi connectivity index (χ4v) is 2.98. The van der Waals surface area contributed by atoms with E-state index in [1.165, 1.54) is 30.0 Å². The molecule has 0 aromatic heterocycles. The first-order valence-corrected chi connectivity index (χ1v) is 7.94. The summed E-state index contributed by atoms with van der Waals surface area (Å²) in [6.07, 6.45) is -1.02. The summed E-state index contributed by atoms with van der Waals surface area (Å²) < 4.78 is 40.3. The minimum Gasteiger partial charge on any atom is -0.392 e. The third-order valence-corrected chi connectivity index (χ3v) is 4.60. The van der Waals surface area contributed by atoms with Crippen molar-refractivity contribution in [2.24, 2.45) is 0 Å². The Kier molecular flexibility index (Phi) is 5.72. The molecule has 0 fully saturated rings. The number of benzene rings is 2. The zero-order valence-electron chi connectivity index (χ0n) is 10.8. The summed E-state index contributed by atoms with van der Waals surface area (Å²) in [6.45, 7) is 0. The highest BCUT2D eigenvalue weighted by Crippen LogP contribution is 2.25. The minimum atomic E-state index is -0.904. The number of thioether (sulfide) groups is 1. The van der Waals surface area contributed by atoms with E-state index in [1.54, 1.807) is 12.1 Å². The topological polar surface area (TPSA) is 20.2 Å². The van der Waals surface area contributed by atoms with E-state index in [4.69, 9.17) is 0 Å². The molecule has 0 saturated heterocycles. The van der Waals surface area contributed by atoms with Crippen molar-refractivity contribution in [3.8, 4) is 0 Å². The van der Waals surface area contributed by atoms with Crippen LogP contribution in [-0.2, 0) is 6.42 Å².